The molecule has 0 radical (unpaired) electrons. The summed E-state index contributed by atoms with van der Waals surface area (Å²) in [5.41, 5.74) is 4.11. The lowest BCUT2D eigenvalue weighted by atomic mass is 10.1. The van der Waals surface area contributed by atoms with Gasteiger partial charge in [-0.1, -0.05) is 23.2 Å². The summed E-state index contributed by atoms with van der Waals surface area (Å²) < 4.78 is 5.32. The number of esters is 1. The van der Waals surface area contributed by atoms with Gasteiger partial charge in [-0.25, -0.2) is 10.2 Å². The van der Waals surface area contributed by atoms with E-state index in [4.69, 9.17) is 27.9 Å². The van der Waals surface area contributed by atoms with Crippen molar-refractivity contribution in [3.8, 4) is 5.75 Å². The molecular formula is C23H17Cl2N3O4. The zero-order valence-electron chi connectivity index (χ0n) is 16.8. The van der Waals surface area contributed by atoms with Crippen LogP contribution in [0.2, 0.25) is 10.0 Å². The molecule has 3 aromatic carbocycles. The first-order chi connectivity index (χ1) is 15.3. The molecule has 3 rings (SSSR count). The van der Waals surface area contributed by atoms with E-state index >= 15 is 0 Å². The number of benzene rings is 3. The Hall–Kier alpha value is -3.68. The Kier molecular flexibility index (Phi) is 7.59. The monoisotopic (exact) mass is 469 g/mol. The van der Waals surface area contributed by atoms with E-state index < -0.39 is 17.8 Å². The van der Waals surface area contributed by atoms with Crippen molar-refractivity contribution in [3.63, 3.8) is 0 Å². The Labute approximate surface area is 194 Å². The Balaban J connectivity index is 1.56. The third-order valence-corrected chi connectivity index (χ3v) is 4.70. The van der Waals surface area contributed by atoms with E-state index in [0.717, 1.165) is 0 Å². The molecule has 0 heterocycles. The zero-order chi connectivity index (χ0) is 23.1. The lowest BCUT2D eigenvalue weighted by Gasteiger charge is -2.07. The fourth-order valence-electron chi connectivity index (χ4n) is 2.49. The second-order valence-electron chi connectivity index (χ2n) is 6.52. The number of hydrogen-bond acceptors (Lipinski definition) is 5. The summed E-state index contributed by atoms with van der Waals surface area (Å²) in [7, 11) is 0. The number of rotatable bonds is 5. The maximum Gasteiger partial charge on any atom is 0.343 e. The third-order valence-electron chi connectivity index (χ3n) is 4.20. The van der Waals surface area contributed by atoms with Crippen LogP contribution in [-0.2, 0) is 9.59 Å². The molecule has 162 valence electrons. The molecule has 2 amide bonds. The highest BCUT2D eigenvalue weighted by Gasteiger charge is 2.13. The Morgan fingerprint density at radius 2 is 1.28 bits per heavy atom. The van der Waals surface area contributed by atoms with E-state index in [0.29, 0.717) is 38.3 Å². The van der Waals surface area contributed by atoms with Gasteiger partial charge in [-0.3, -0.25) is 9.59 Å². The van der Waals surface area contributed by atoms with Crippen molar-refractivity contribution in [2.24, 2.45) is 5.10 Å². The van der Waals surface area contributed by atoms with E-state index in [-0.39, 0.29) is 0 Å². The van der Waals surface area contributed by atoms with Gasteiger partial charge >= 0.3 is 17.8 Å². The van der Waals surface area contributed by atoms with Crippen LogP contribution in [0.15, 0.2) is 77.9 Å². The predicted octanol–water partition coefficient (Wildman–Crippen LogP) is 4.69. The largest absolute Gasteiger partial charge is 0.423 e. The molecule has 0 aliphatic carbocycles. The quantitative estimate of drug-likeness (QED) is 0.186. The SMILES string of the molecule is C/C(=N\NC(=O)C(=O)Nc1ccc(Cl)cc1)c1ccc(OC(=O)c2ccc(Cl)cc2)cc1. The topological polar surface area (TPSA) is 96.9 Å². The van der Waals surface area contributed by atoms with E-state index in [1.54, 1.807) is 79.7 Å². The Morgan fingerprint density at radius 1 is 0.750 bits per heavy atom. The first kappa shape index (κ1) is 23.0. The second-order valence-corrected chi connectivity index (χ2v) is 7.39. The molecule has 0 atom stereocenters. The first-order valence-electron chi connectivity index (χ1n) is 9.31. The molecule has 9 heteroatoms. The minimum Gasteiger partial charge on any atom is -0.423 e. The summed E-state index contributed by atoms with van der Waals surface area (Å²) in [6.45, 7) is 1.66. The minimum absolute atomic E-state index is 0.341. The average molecular weight is 470 g/mol. The van der Waals surface area contributed by atoms with E-state index in [1.165, 1.54) is 0 Å². The number of hydrazone groups is 1. The summed E-state index contributed by atoms with van der Waals surface area (Å²) in [5, 5.41) is 7.41. The number of ether oxygens (including phenoxy) is 1. The number of nitrogens with one attached hydrogen (secondary N) is 2. The van der Waals surface area contributed by atoms with Crippen molar-refractivity contribution in [1.82, 2.24) is 5.43 Å². The molecule has 0 bridgehead atoms. The molecule has 2 N–H and O–H groups in total. The summed E-state index contributed by atoms with van der Waals surface area (Å²) in [5.74, 6) is -1.97. The van der Waals surface area contributed by atoms with E-state index in [1.807, 2.05) is 0 Å². The van der Waals surface area contributed by atoms with E-state index in [9.17, 15) is 14.4 Å². The van der Waals surface area contributed by atoms with Gasteiger partial charge in [0.15, 0.2) is 0 Å². The van der Waals surface area contributed by atoms with Crippen molar-refractivity contribution in [1.29, 1.82) is 0 Å². The molecule has 0 spiro atoms. The lowest BCUT2D eigenvalue weighted by molar-refractivity contribution is -0.136. The first-order valence-corrected chi connectivity index (χ1v) is 10.1. The molecule has 0 aliphatic heterocycles. The highest BCUT2D eigenvalue weighted by atomic mass is 35.5. The highest BCUT2D eigenvalue weighted by molar-refractivity contribution is 6.39. The molecular weight excluding hydrogens is 453 g/mol. The fourth-order valence-corrected chi connectivity index (χ4v) is 2.74. The smallest absolute Gasteiger partial charge is 0.343 e. The standard InChI is InChI=1S/C23H17Cl2N3O4/c1-14(27-28-22(30)21(29)26-19-10-8-18(25)9-11-19)15-4-12-20(13-5-15)32-23(31)16-2-6-17(24)7-3-16/h2-13H,1H3,(H,26,29)(H,28,30)/b27-14+. The molecule has 0 unspecified atom stereocenters. The van der Waals surface area contributed by atoms with Gasteiger partial charge in [0, 0.05) is 15.7 Å². The zero-order valence-corrected chi connectivity index (χ0v) is 18.3. The second kappa shape index (κ2) is 10.6. The van der Waals surface area contributed by atoms with Crippen LogP contribution >= 0.6 is 23.2 Å². The molecule has 0 aliphatic rings. The van der Waals surface area contributed by atoms with Gasteiger partial charge in [-0.15, -0.1) is 0 Å². The minimum atomic E-state index is -0.923. The number of amides is 2. The molecule has 0 saturated heterocycles. The van der Waals surface area contributed by atoms with Crippen LogP contribution in [0, 0.1) is 0 Å². The molecule has 32 heavy (non-hydrogen) atoms. The van der Waals surface area contributed by atoms with Crippen molar-refractivity contribution < 1.29 is 19.1 Å². The van der Waals surface area contributed by atoms with Crippen molar-refractivity contribution in [2.75, 3.05) is 5.32 Å². The number of anilines is 1. The molecule has 0 aromatic heterocycles. The Morgan fingerprint density at radius 3 is 1.88 bits per heavy atom. The molecule has 7 nitrogen and oxygen atoms in total. The molecule has 0 saturated carbocycles. The van der Waals surface area contributed by atoms with Crippen LogP contribution in [0.25, 0.3) is 0 Å². The summed E-state index contributed by atoms with van der Waals surface area (Å²) >= 11 is 11.6. The number of hydrogen-bond donors (Lipinski definition) is 2. The fraction of sp³-hybridized carbons (Fsp3) is 0.0435. The number of carbonyl (C=O) groups is 3. The van der Waals surface area contributed by atoms with Crippen LogP contribution in [0.4, 0.5) is 5.69 Å². The van der Waals surface area contributed by atoms with Gasteiger partial charge in [0.1, 0.15) is 5.75 Å². The number of nitrogens with zero attached hydrogens (tertiary/aromatic N) is 1. The van der Waals surface area contributed by atoms with Gasteiger partial charge in [-0.05, 0) is 85.3 Å². The lowest BCUT2D eigenvalue weighted by Crippen LogP contribution is -2.32. The van der Waals surface area contributed by atoms with E-state index in [2.05, 4.69) is 15.8 Å². The van der Waals surface area contributed by atoms with Gasteiger partial charge in [-0.2, -0.15) is 5.10 Å². The van der Waals surface area contributed by atoms with Crippen molar-refractivity contribution in [3.05, 3.63) is 94.0 Å². The van der Waals surface area contributed by atoms with Crippen LogP contribution < -0.4 is 15.5 Å². The van der Waals surface area contributed by atoms with Gasteiger partial charge in [0.2, 0.25) is 0 Å². The van der Waals surface area contributed by atoms with Gasteiger partial charge < -0.3 is 10.1 Å². The maximum absolute atomic E-state index is 12.2. The van der Waals surface area contributed by atoms with Crippen LogP contribution in [-0.4, -0.2) is 23.5 Å². The molecule has 0 fully saturated rings. The maximum atomic E-state index is 12.2. The van der Waals surface area contributed by atoms with Crippen LogP contribution in [0.1, 0.15) is 22.8 Å². The highest BCUT2D eigenvalue weighted by Crippen LogP contribution is 2.16. The number of carbonyl (C=O) groups excluding carboxylic acids is 3. The average Bonchev–Trinajstić information content (AvgIpc) is 2.79. The normalized spacial score (nSPS) is 10.9. The van der Waals surface area contributed by atoms with Crippen LogP contribution in [0.3, 0.4) is 0 Å². The Bertz CT molecular complexity index is 1160. The summed E-state index contributed by atoms with van der Waals surface area (Å²) in [6, 6.07) is 19.2. The van der Waals surface area contributed by atoms with Gasteiger partial charge in [0.25, 0.3) is 0 Å². The van der Waals surface area contributed by atoms with Crippen molar-refractivity contribution in [2.45, 2.75) is 6.92 Å². The third kappa shape index (κ3) is 6.41. The summed E-state index contributed by atoms with van der Waals surface area (Å²) in [6.07, 6.45) is 0. The molecule has 3 aromatic rings. The van der Waals surface area contributed by atoms with Crippen molar-refractivity contribution >= 4 is 52.4 Å². The summed E-state index contributed by atoms with van der Waals surface area (Å²) in [4.78, 5) is 36.1. The van der Waals surface area contributed by atoms with Crippen LogP contribution in [0.5, 0.6) is 5.75 Å². The van der Waals surface area contributed by atoms with Gasteiger partial charge in [0.05, 0.1) is 11.3 Å². The number of halogens is 2. The predicted molar refractivity (Wildman–Crippen MR) is 123 cm³/mol.